The molecule has 0 bridgehead atoms. The van der Waals surface area contributed by atoms with Gasteiger partial charge in [0, 0.05) is 44.3 Å². The highest BCUT2D eigenvalue weighted by atomic mass is 15.2. The third kappa shape index (κ3) is 2.52. The molecule has 1 saturated heterocycles. The average molecular weight is 241 g/mol. The molecule has 0 aliphatic carbocycles. The topological polar surface area (TPSA) is 28.2 Å². The molecule has 2 aromatic rings. The van der Waals surface area contributed by atoms with Gasteiger partial charge in [-0.25, -0.2) is 0 Å². The van der Waals surface area contributed by atoms with Gasteiger partial charge in [-0.2, -0.15) is 0 Å². The number of pyridine rings is 1. The van der Waals surface area contributed by atoms with E-state index >= 15 is 0 Å². The molecule has 1 aromatic heterocycles. The lowest BCUT2D eigenvalue weighted by Gasteiger charge is -2.27. The van der Waals surface area contributed by atoms with Crippen molar-refractivity contribution >= 4 is 10.9 Å². The molecule has 1 N–H and O–H groups in total. The van der Waals surface area contributed by atoms with Crippen molar-refractivity contribution < 1.29 is 0 Å². The van der Waals surface area contributed by atoms with Crippen LogP contribution in [0.1, 0.15) is 5.56 Å². The quantitative estimate of drug-likeness (QED) is 0.886. The number of hydrogen-bond donors (Lipinski definition) is 1. The average Bonchev–Trinajstić information content (AvgIpc) is 2.46. The van der Waals surface area contributed by atoms with Crippen molar-refractivity contribution in [3.8, 4) is 0 Å². The Balaban J connectivity index is 1.74. The third-order valence-corrected chi connectivity index (χ3v) is 3.65. The number of nitrogens with one attached hydrogen (secondary N) is 1. The molecule has 3 nitrogen and oxygen atoms in total. The Morgan fingerprint density at radius 1 is 1.11 bits per heavy atom. The van der Waals surface area contributed by atoms with E-state index in [1.807, 2.05) is 6.20 Å². The van der Waals surface area contributed by atoms with Gasteiger partial charge in [-0.1, -0.05) is 18.2 Å². The highest BCUT2D eigenvalue weighted by Crippen LogP contribution is 2.16. The van der Waals surface area contributed by atoms with Gasteiger partial charge in [0.25, 0.3) is 0 Å². The summed E-state index contributed by atoms with van der Waals surface area (Å²) in [4.78, 5) is 6.95. The van der Waals surface area contributed by atoms with Crippen LogP contribution in [0.15, 0.2) is 36.5 Å². The fourth-order valence-corrected chi connectivity index (χ4v) is 2.59. The van der Waals surface area contributed by atoms with E-state index in [-0.39, 0.29) is 0 Å². The summed E-state index contributed by atoms with van der Waals surface area (Å²) in [6.07, 6.45) is 3.04. The molecule has 0 saturated carbocycles. The van der Waals surface area contributed by atoms with Gasteiger partial charge >= 0.3 is 0 Å². The van der Waals surface area contributed by atoms with Crippen molar-refractivity contribution in [2.75, 3.05) is 32.7 Å². The fourth-order valence-electron chi connectivity index (χ4n) is 2.59. The van der Waals surface area contributed by atoms with E-state index in [1.165, 1.54) is 24.0 Å². The number of nitrogens with zero attached hydrogens (tertiary/aromatic N) is 2. The van der Waals surface area contributed by atoms with Crippen LogP contribution in [-0.4, -0.2) is 42.6 Å². The van der Waals surface area contributed by atoms with Crippen molar-refractivity contribution in [1.82, 2.24) is 15.2 Å². The Labute approximate surface area is 108 Å². The summed E-state index contributed by atoms with van der Waals surface area (Å²) in [5, 5.41) is 4.69. The van der Waals surface area contributed by atoms with Crippen molar-refractivity contribution in [3.63, 3.8) is 0 Å². The van der Waals surface area contributed by atoms with Crippen LogP contribution >= 0.6 is 0 Å². The minimum Gasteiger partial charge on any atom is -0.314 e. The lowest BCUT2D eigenvalue weighted by atomic mass is 10.1. The normalized spacial score (nSPS) is 17.1. The van der Waals surface area contributed by atoms with Gasteiger partial charge in [0.15, 0.2) is 0 Å². The lowest BCUT2D eigenvalue weighted by Crippen LogP contribution is -2.44. The Morgan fingerprint density at radius 2 is 1.94 bits per heavy atom. The number of hydrogen-bond acceptors (Lipinski definition) is 3. The van der Waals surface area contributed by atoms with Gasteiger partial charge in [0.1, 0.15) is 0 Å². The van der Waals surface area contributed by atoms with Crippen LogP contribution in [0.2, 0.25) is 0 Å². The zero-order valence-electron chi connectivity index (χ0n) is 10.6. The molecule has 0 atom stereocenters. The van der Waals surface area contributed by atoms with E-state index in [0.29, 0.717) is 0 Å². The van der Waals surface area contributed by atoms with E-state index in [1.54, 1.807) is 0 Å². The van der Waals surface area contributed by atoms with Crippen LogP contribution < -0.4 is 5.32 Å². The zero-order valence-corrected chi connectivity index (χ0v) is 10.6. The molecule has 18 heavy (non-hydrogen) atoms. The van der Waals surface area contributed by atoms with E-state index in [9.17, 15) is 0 Å². The van der Waals surface area contributed by atoms with Crippen LogP contribution in [0, 0.1) is 0 Å². The van der Waals surface area contributed by atoms with Crippen molar-refractivity contribution in [2.45, 2.75) is 6.42 Å². The Bertz CT molecular complexity index is 513. The molecule has 3 rings (SSSR count). The second-order valence-corrected chi connectivity index (χ2v) is 4.83. The SMILES string of the molecule is c1ccc2c(CCN3CCNCC3)ccnc2c1. The number of benzene rings is 1. The minimum absolute atomic E-state index is 1.11. The van der Waals surface area contributed by atoms with Crippen LogP contribution in [0.5, 0.6) is 0 Å². The third-order valence-electron chi connectivity index (χ3n) is 3.65. The molecule has 0 unspecified atom stereocenters. The molecule has 94 valence electrons. The lowest BCUT2D eigenvalue weighted by molar-refractivity contribution is 0.244. The van der Waals surface area contributed by atoms with Crippen LogP contribution in [0.25, 0.3) is 10.9 Å². The maximum absolute atomic E-state index is 4.41. The predicted octanol–water partition coefficient (Wildman–Crippen LogP) is 1.68. The summed E-state index contributed by atoms with van der Waals surface area (Å²) in [7, 11) is 0. The van der Waals surface area contributed by atoms with Crippen molar-refractivity contribution in [2.24, 2.45) is 0 Å². The zero-order chi connectivity index (χ0) is 12.2. The molecule has 1 aromatic carbocycles. The number of fused-ring (bicyclic) bond motifs is 1. The van der Waals surface area contributed by atoms with E-state index < -0.39 is 0 Å². The molecule has 2 heterocycles. The van der Waals surface area contributed by atoms with Gasteiger partial charge in [0.05, 0.1) is 5.52 Å². The highest BCUT2D eigenvalue weighted by molar-refractivity contribution is 5.81. The fraction of sp³-hybridized carbons (Fsp3) is 0.400. The number of piperazine rings is 1. The van der Waals surface area contributed by atoms with Crippen molar-refractivity contribution in [3.05, 3.63) is 42.1 Å². The Kier molecular flexibility index (Phi) is 3.53. The summed E-state index contributed by atoms with van der Waals surface area (Å²) in [6.45, 7) is 5.73. The first kappa shape index (κ1) is 11.6. The smallest absolute Gasteiger partial charge is 0.0704 e. The summed E-state index contributed by atoms with van der Waals surface area (Å²) in [5.41, 5.74) is 2.52. The second kappa shape index (κ2) is 5.46. The second-order valence-electron chi connectivity index (χ2n) is 4.83. The van der Waals surface area contributed by atoms with Crippen LogP contribution in [-0.2, 0) is 6.42 Å². The monoisotopic (exact) mass is 241 g/mol. The summed E-state index contributed by atoms with van der Waals surface area (Å²) in [5.74, 6) is 0. The Morgan fingerprint density at radius 3 is 2.83 bits per heavy atom. The molecule has 1 fully saturated rings. The summed E-state index contributed by atoms with van der Waals surface area (Å²) < 4.78 is 0. The largest absolute Gasteiger partial charge is 0.314 e. The molecule has 0 spiro atoms. The Hall–Kier alpha value is -1.45. The first-order chi connectivity index (χ1) is 8.93. The van der Waals surface area contributed by atoms with Gasteiger partial charge in [-0.05, 0) is 24.1 Å². The van der Waals surface area contributed by atoms with Crippen molar-refractivity contribution in [1.29, 1.82) is 0 Å². The van der Waals surface area contributed by atoms with Gasteiger partial charge in [0.2, 0.25) is 0 Å². The molecule has 1 aliphatic heterocycles. The van der Waals surface area contributed by atoms with E-state index in [4.69, 9.17) is 0 Å². The van der Waals surface area contributed by atoms with Gasteiger partial charge in [-0.3, -0.25) is 4.98 Å². The first-order valence-corrected chi connectivity index (χ1v) is 6.69. The predicted molar refractivity (Wildman–Crippen MR) is 74.8 cm³/mol. The molecule has 0 amide bonds. The molecule has 1 aliphatic rings. The van der Waals surface area contributed by atoms with Crippen LogP contribution in [0.3, 0.4) is 0 Å². The molecule has 3 heteroatoms. The van der Waals surface area contributed by atoms with Crippen LogP contribution in [0.4, 0.5) is 0 Å². The van der Waals surface area contributed by atoms with E-state index in [0.717, 1.165) is 31.6 Å². The minimum atomic E-state index is 1.11. The molecule has 0 radical (unpaired) electrons. The van der Waals surface area contributed by atoms with Gasteiger partial charge in [-0.15, -0.1) is 0 Å². The van der Waals surface area contributed by atoms with E-state index in [2.05, 4.69) is 45.5 Å². The summed E-state index contributed by atoms with van der Waals surface area (Å²) in [6, 6.07) is 10.6. The molecular formula is C15H19N3. The van der Waals surface area contributed by atoms with Gasteiger partial charge < -0.3 is 10.2 Å². The maximum Gasteiger partial charge on any atom is 0.0704 e. The maximum atomic E-state index is 4.41. The number of para-hydroxylation sites is 1. The highest BCUT2D eigenvalue weighted by Gasteiger charge is 2.09. The standard InChI is InChI=1S/C15H19N3/c1-2-4-15-14(3-1)13(5-7-17-15)6-10-18-11-8-16-9-12-18/h1-5,7,16H,6,8-12H2. The number of aromatic nitrogens is 1. The number of rotatable bonds is 3. The molecular weight excluding hydrogens is 222 g/mol. The summed E-state index contributed by atoms with van der Waals surface area (Å²) >= 11 is 0. The first-order valence-electron chi connectivity index (χ1n) is 6.69.